The van der Waals surface area contributed by atoms with Crippen molar-refractivity contribution < 1.29 is 17.9 Å². The van der Waals surface area contributed by atoms with Gasteiger partial charge in [0.1, 0.15) is 0 Å². The summed E-state index contributed by atoms with van der Waals surface area (Å²) < 4.78 is 32.8. The molecular weight excluding hydrogens is 394 g/mol. The van der Waals surface area contributed by atoms with E-state index in [4.69, 9.17) is 4.74 Å². The Bertz CT molecular complexity index is 1010. The number of carbonyl (C=O) groups excluding carboxylic acids is 1. The van der Waals surface area contributed by atoms with E-state index in [9.17, 15) is 13.2 Å². The number of halogens is 1. The van der Waals surface area contributed by atoms with Crippen molar-refractivity contribution in [1.82, 2.24) is 3.97 Å². The van der Waals surface area contributed by atoms with Crippen molar-refractivity contribution in [2.24, 2.45) is 0 Å². The van der Waals surface area contributed by atoms with Gasteiger partial charge in [0.05, 0.1) is 22.6 Å². The van der Waals surface area contributed by atoms with Gasteiger partial charge in [0.2, 0.25) is 0 Å². The minimum atomic E-state index is -3.81. The van der Waals surface area contributed by atoms with E-state index in [0.29, 0.717) is 10.9 Å². The summed E-state index contributed by atoms with van der Waals surface area (Å²) in [6, 6.07) is 13.2. The number of carbonyl (C=O) groups is 1. The smallest absolute Gasteiger partial charge is 0.340 e. The molecule has 0 N–H and O–H groups in total. The summed E-state index contributed by atoms with van der Waals surface area (Å²) in [4.78, 5) is 12.4. The summed E-state index contributed by atoms with van der Waals surface area (Å²) in [5.41, 5.74) is 0.637. The van der Waals surface area contributed by atoms with Gasteiger partial charge in [-0.2, -0.15) is 0 Å². The summed E-state index contributed by atoms with van der Waals surface area (Å²) in [5.74, 6) is -0.553. The number of esters is 1. The van der Waals surface area contributed by atoms with Crippen molar-refractivity contribution in [2.75, 3.05) is 6.61 Å². The second kappa shape index (κ2) is 6.41. The first kappa shape index (κ1) is 16.7. The molecule has 3 aromatic rings. The van der Waals surface area contributed by atoms with E-state index in [-0.39, 0.29) is 17.1 Å². The molecule has 0 unspecified atom stereocenters. The van der Waals surface area contributed by atoms with Gasteiger partial charge in [-0.3, -0.25) is 0 Å². The molecule has 7 heteroatoms. The lowest BCUT2D eigenvalue weighted by molar-refractivity contribution is 0.0528. The van der Waals surface area contributed by atoms with Gasteiger partial charge in [0, 0.05) is 16.1 Å². The van der Waals surface area contributed by atoms with Gasteiger partial charge in [-0.25, -0.2) is 17.2 Å². The van der Waals surface area contributed by atoms with Gasteiger partial charge in [-0.1, -0.05) is 34.1 Å². The maximum Gasteiger partial charge on any atom is 0.340 e. The highest BCUT2D eigenvalue weighted by atomic mass is 79.9. The molecule has 2 aromatic carbocycles. The average Bonchev–Trinajstić information content (AvgIpc) is 2.95. The van der Waals surface area contributed by atoms with Gasteiger partial charge in [0.25, 0.3) is 10.0 Å². The molecule has 0 saturated heterocycles. The highest BCUT2D eigenvalue weighted by Gasteiger charge is 2.24. The molecule has 0 bridgehead atoms. The maximum atomic E-state index is 12.9. The SMILES string of the molecule is CCOC(=O)c1cn(S(=O)(=O)c2ccccc2)c2ccc(Br)cc12. The van der Waals surface area contributed by atoms with Crippen LogP contribution in [0.1, 0.15) is 17.3 Å². The van der Waals surface area contributed by atoms with E-state index in [1.54, 1.807) is 43.3 Å². The molecule has 1 heterocycles. The van der Waals surface area contributed by atoms with E-state index in [1.165, 1.54) is 18.3 Å². The summed E-state index contributed by atoms with van der Waals surface area (Å²) in [7, 11) is -3.81. The van der Waals surface area contributed by atoms with Crippen LogP contribution in [-0.2, 0) is 14.8 Å². The highest BCUT2D eigenvalue weighted by molar-refractivity contribution is 9.10. The largest absolute Gasteiger partial charge is 0.462 e. The Morgan fingerprint density at radius 3 is 2.54 bits per heavy atom. The Morgan fingerprint density at radius 2 is 1.88 bits per heavy atom. The predicted octanol–water partition coefficient (Wildman–Crippen LogP) is 3.82. The van der Waals surface area contributed by atoms with Gasteiger partial charge in [-0.15, -0.1) is 0 Å². The van der Waals surface area contributed by atoms with Crippen LogP contribution in [0.25, 0.3) is 10.9 Å². The number of rotatable bonds is 4. The Kier molecular flexibility index (Phi) is 4.47. The summed E-state index contributed by atoms with van der Waals surface area (Å²) in [5, 5.41) is 0.516. The monoisotopic (exact) mass is 407 g/mol. The molecule has 0 aliphatic heterocycles. The Morgan fingerprint density at radius 1 is 1.17 bits per heavy atom. The topological polar surface area (TPSA) is 65.4 Å². The summed E-state index contributed by atoms with van der Waals surface area (Å²) in [6.45, 7) is 1.92. The number of benzene rings is 2. The average molecular weight is 408 g/mol. The lowest BCUT2D eigenvalue weighted by atomic mass is 10.2. The molecule has 0 amide bonds. The third-order valence-electron chi connectivity index (χ3n) is 3.53. The molecule has 3 rings (SSSR count). The van der Waals surface area contributed by atoms with Crippen molar-refractivity contribution in [3.63, 3.8) is 0 Å². The first-order valence-corrected chi connectivity index (χ1v) is 9.47. The highest BCUT2D eigenvalue weighted by Crippen LogP contribution is 2.29. The van der Waals surface area contributed by atoms with Crippen LogP contribution in [0.3, 0.4) is 0 Å². The molecule has 124 valence electrons. The van der Waals surface area contributed by atoms with Gasteiger partial charge in [0.15, 0.2) is 0 Å². The first-order chi connectivity index (χ1) is 11.4. The predicted molar refractivity (Wildman–Crippen MR) is 94.6 cm³/mol. The van der Waals surface area contributed by atoms with E-state index in [0.717, 1.165) is 8.45 Å². The minimum Gasteiger partial charge on any atom is -0.462 e. The van der Waals surface area contributed by atoms with Crippen molar-refractivity contribution >= 4 is 42.8 Å². The van der Waals surface area contributed by atoms with Crippen LogP contribution >= 0.6 is 15.9 Å². The fourth-order valence-electron chi connectivity index (χ4n) is 2.45. The molecule has 0 atom stereocenters. The third-order valence-corrected chi connectivity index (χ3v) is 5.71. The van der Waals surface area contributed by atoms with Gasteiger partial charge < -0.3 is 4.74 Å². The lowest BCUT2D eigenvalue weighted by Crippen LogP contribution is -2.12. The Labute approximate surface area is 148 Å². The van der Waals surface area contributed by atoms with Gasteiger partial charge >= 0.3 is 5.97 Å². The van der Waals surface area contributed by atoms with Crippen molar-refractivity contribution in [1.29, 1.82) is 0 Å². The zero-order chi connectivity index (χ0) is 17.3. The Hall–Kier alpha value is -2.12. The van der Waals surface area contributed by atoms with Crippen molar-refractivity contribution in [3.8, 4) is 0 Å². The standard InChI is InChI=1S/C17H14BrNO4S/c1-2-23-17(20)15-11-19(16-9-8-12(18)10-14(15)16)24(21,22)13-6-4-3-5-7-13/h3-11H,2H2,1H3. The van der Waals surface area contributed by atoms with Crippen molar-refractivity contribution in [3.05, 3.63) is 64.8 Å². The number of hydrogen-bond donors (Lipinski definition) is 0. The molecule has 0 spiro atoms. The van der Waals surface area contributed by atoms with Crippen LogP contribution in [0.2, 0.25) is 0 Å². The van der Waals surface area contributed by atoms with Gasteiger partial charge in [-0.05, 0) is 37.3 Å². The third kappa shape index (κ3) is 2.85. The summed E-state index contributed by atoms with van der Waals surface area (Å²) >= 11 is 3.35. The molecule has 0 fully saturated rings. The quantitative estimate of drug-likeness (QED) is 0.616. The maximum absolute atomic E-state index is 12.9. The van der Waals surface area contributed by atoms with Crippen LogP contribution in [-0.4, -0.2) is 25.0 Å². The molecule has 1 aromatic heterocycles. The minimum absolute atomic E-state index is 0.153. The van der Waals surface area contributed by atoms with Crippen LogP contribution in [0.4, 0.5) is 0 Å². The number of fused-ring (bicyclic) bond motifs is 1. The van der Waals surface area contributed by atoms with Crippen LogP contribution in [0.5, 0.6) is 0 Å². The molecular formula is C17H14BrNO4S. The van der Waals surface area contributed by atoms with Crippen molar-refractivity contribution in [2.45, 2.75) is 11.8 Å². The number of nitrogens with zero attached hydrogens (tertiary/aromatic N) is 1. The Balaban J connectivity index is 2.28. The zero-order valence-electron chi connectivity index (χ0n) is 12.8. The van der Waals surface area contributed by atoms with Crippen LogP contribution in [0.15, 0.2) is 64.1 Å². The normalized spacial score (nSPS) is 11.6. The number of hydrogen-bond acceptors (Lipinski definition) is 4. The molecule has 5 nitrogen and oxygen atoms in total. The fourth-order valence-corrected chi connectivity index (χ4v) is 4.20. The van der Waals surface area contributed by atoms with E-state index in [1.807, 2.05) is 0 Å². The van der Waals surface area contributed by atoms with E-state index < -0.39 is 16.0 Å². The fraction of sp³-hybridized carbons (Fsp3) is 0.118. The summed E-state index contributed by atoms with van der Waals surface area (Å²) in [6.07, 6.45) is 1.32. The second-order valence-corrected chi connectivity index (χ2v) is 7.77. The van der Waals surface area contributed by atoms with Crippen LogP contribution in [0, 0.1) is 0 Å². The number of ether oxygens (including phenoxy) is 1. The molecule has 0 radical (unpaired) electrons. The van der Waals surface area contributed by atoms with E-state index in [2.05, 4.69) is 15.9 Å². The number of aromatic nitrogens is 1. The molecule has 24 heavy (non-hydrogen) atoms. The van der Waals surface area contributed by atoms with E-state index >= 15 is 0 Å². The molecule has 0 aliphatic rings. The lowest BCUT2D eigenvalue weighted by Gasteiger charge is -2.07. The molecule has 0 aliphatic carbocycles. The van der Waals surface area contributed by atoms with Crippen LogP contribution < -0.4 is 0 Å². The molecule has 0 saturated carbocycles. The zero-order valence-corrected chi connectivity index (χ0v) is 15.2. The second-order valence-electron chi connectivity index (χ2n) is 5.04. The first-order valence-electron chi connectivity index (χ1n) is 7.23.